The molecule has 0 radical (unpaired) electrons. The molecule has 0 aliphatic carbocycles. The van der Waals surface area contributed by atoms with Gasteiger partial charge in [0.15, 0.2) is 0 Å². The predicted molar refractivity (Wildman–Crippen MR) is 88.8 cm³/mol. The van der Waals surface area contributed by atoms with Crippen LogP contribution in [0, 0.1) is 12.7 Å². The molecule has 0 aliphatic heterocycles. The molecular weight excluding hydrogens is 293 g/mol. The van der Waals surface area contributed by atoms with E-state index < -0.39 is 0 Å². The van der Waals surface area contributed by atoms with Crippen LogP contribution in [0.4, 0.5) is 10.1 Å². The number of benzene rings is 2. The number of anilines is 1. The zero-order valence-corrected chi connectivity index (χ0v) is 13.1. The lowest BCUT2D eigenvalue weighted by molar-refractivity contribution is -0.116. The van der Waals surface area contributed by atoms with Crippen LogP contribution in [-0.4, -0.2) is 15.5 Å². The minimum atomic E-state index is -0.267. The monoisotopic (exact) mass is 311 g/mol. The highest BCUT2D eigenvalue weighted by Crippen LogP contribution is 2.19. The third-order valence-electron chi connectivity index (χ3n) is 3.94. The highest BCUT2D eigenvalue weighted by Gasteiger charge is 2.07. The van der Waals surface area contributed by atoms with Crippen LogP contribution in [0.5, 0.6) is 0 Å². The molecule has 4 nitrogen and oxygen atoms in total. The maximum atomic E-state index is 12.8. The Labute approximate surface area is 134 Å². The van der Waals surface area contributed by atoms with E-state index in [0.717, 1.165) is 28.1 Å². The fraction of sp³-hybridized carbons (Fsp3) is 0.222. The van der Waals surface area contributed by atoms with Crippen molar-refractivity contribution < 1.29 is 9.18 Å². The van der Waals surface area contributed by atoms with Gasteiger partial charge in [-0.2, -0.15) is 0 Å². The topological polar surface area (TPSA) is 46.9 Å². The summed E-state index contributed by atoms with van der Waals surface area (Å²) in [5.41, 5.74) is 3.57. The Kier molecular flexibility index (Phi) is 4.10. The van der Waals surface area contributed by atoms with Gasteiger partial charge in [-0.15, -0.1) is 0 Å². The van der Waals surface area contributed by atoms with Gasteiger partial charge in [-0.05, 0) is 49.2 Å². The minimum absolute atomic E-state index is 0.0682. The van der Waals surface area contributed by atoms with E-state index in [1.165, 1.54) is 12.1 Å². The second-order valence-electron chi connectivity index (χ2n) is 5.60. The van der Waals surface area contributed by atoms with E-state index in [0.29, 0.717) is 12.8 Å². The summed E-state index contributed by atoms with van der Waals surface area (Å²) < 4.78 is 14.9. The Morgan fingerprint density at radius 1 is 1.22 bits per heavy atom. The van der Waals surface area contributed by atoms with Crippen molar-refractivity contribution in [2.45, 2.75) is 19.8 Å². The lowest BCUT2D eigenvalue weighted by Crippen LogP contribution is -2.12. The van der Waals surface area contributed by atoms with Gasteiger partial charge in [0.1, 0.15) is 11.6 Å². The molecule has 3 rings (SSSR count). The molecule has 5 heteroatoms. The minimum Gasteiger partial charge on any atom is -0.331 e. The predicted octanol–water partition coefficient (Wildman–Crippen LogP) is 3.59. The number of imidazole rings is 1. The lowest BCUT2D eigenvalue weighted by Gasteiger charge is -2.06. The van der Waals surface area contributed by atoms with Crippen molar-refractivity contribution in [3.63, 3.8) is 0 Å². The summed E-state index contributed by atoms with van der Waals surface area (Å²) in [4.78, 5) is 16.5. The van der Waals surface area contributed by atoms with Gasteiger partial charge in [-0.1, -0.05) is 12.1 Å². The number of aryl methyl sites for hydroxylation is 3. The second-order valence-corrected chi connectivity index (χ2v) is 5.60. The molecule has 1 amide bonds. The number of amides is 1. The number of halogens is 1. The third-order valence-corrected chi connectivity index (χ3v) is 3.94. The normalized spacial score (nSPS) is 10.9. The number of rotatable bonds is 4. The molecule has 1 aromatic heterocycles. The van der Waals surface area contributed by atoms with Crippen LogP contribution >= 0.6 is 0 Å². The molecule has 1 heterocycles. The number of aromatic nitrogens is 2. The molecular formula is C18H18FN3O. The van der Waals surface area contributed by atoms with E-state index in [1.807, 2.05) is 36.7 Å². The zero-order valence-electron chi connectivity index (χ0n) is 13.1. The van der Waals surface area contributed by atoms with E-state index in [1.54, 1.807) is 12.1 Å². The van der Waals surface area contributed by atoms with E-state index in [-0.39, 0.29) is 11.7 Å². The van der Waals surface area contributed by atoms with Crippen molar-refractivity contribution in [1.82, 2.24) is 9.55 Å². The summed E-state index contributed by atoms with van der Waals surface area (Å²) in [7, 11) is 1.96. The maximum Gasteiger partial charge on any atom is 0.224 e. The highest BCUT2D eigenvalue weighted by atomic mass is 19.1. The van der Waals surface area contributed by atoms with Crippen LogP contribution in [0.1, 0.15) is 17.8 Å². The van der Waals surface area contributed by atoms with Crippen molar-refractivity contribution in [1.29, 1.82) is 0 Å². The Morgan fingerprint density at radius 2 is 1.96 bits per heavy atom. The van der Waals surface area contributed by atoms with Crippen LogP contribution in [0.15, 0.2) is 42.5 Å². The van der Waals surface area contributed by atoms with Gasteiger partial charge in [-0.3, -0.25) is 4.79 Å². The Hall–Kier alpha value is -2.69. The van der Waals surface area contributed by atoms with E-state index in [2.05, 4.69) is 10.3 Å². The molecule has 0 spiro atoms. The summed E-state index contributed by atoms with van der Waals surface area (Å²) in [5.74, 6) is 0.596. The van der Waals surface area contributed by atoms with Crippen LogP contribution in [0.25, 0.3) is 11.0 Å². The van der Waals surface area contributed by atoms with Crippen LogP contribution in [-0.2, 0) is 18.3 Å². The van der Waals surface area contributed by atoms with E-state index in [9.17, 15) is 9.18 Å². The average Bonchev–Trinajstić information content (AvgIpc) is 2.81. The van der Waals surface area contributed by atoms with Gasteiger partial charge in [0.05, 0.1) is 11.0 Å². The fourth-order valence-corrected chi connectivity index (χ4v) is 2.53. The first-order valence-electron chi connectivity index (χ1n) is 7.50. The first-order valence-corrected chi connectivity index (χ1v) is 7.50. The largest absolute Gasteiger partial charge is 0.331 e. The van der Waals surface area contributed by atoms with Crippen LogP contribution in [0.3, 0.4) is 0 Å². The van der Waals surface area contributed by atoms with E-state index >= 15 is 0 Å². The van der Waals surface area contributed by atoms with Crippen LogP contribution < -0.4 is 5.32 Å². The summed E-state index contributed by atoms with van der Waals surface area (Å²) in [6.07, 6.45) is 0.933. The molecule has 0 saturated heterocycles. The van der Waals surface area contributed by atoms with Crippen molar-refractivity contribution >= 4 is 22.6 Å². The number of fused-ring (bicyclic) bond motifs is 1. The number of carbonyl (C=O) groups excluding carboxylic acids is 1. The molecule has 1 N–H and O–H groups in total. The van der Waals surface area contributed by atoms with Crippen LogP contribution in [0.2, 0.25) is 0 Å². The molecule has 0 fully saturated rings. The smallest absolute Gasteiger partial charge is 0.224 e. The van der Waals surface area contributed by atoms with E-state index in [4.69, 9.17) is 0 Å². The number of hydrogen-bond donors (Lipinski definition) is 1. The molecule has 0 aliphatic rings. The molecule has 0 unspecified atom stereocenters. The maximum absolute atomic E-state index is 12.8. The Balaban J connectivity index is 1.64. The van der Waals surface area contributed by atoms with Crippen molar-refractivity contribution in [3.8, 4) is 0 Å². The highest BCUT2D eigenvalue weighted by molar-refractivity contribution is 5.93. The first-order chi connectivity index (χ1) is 11.0. The average molecular weight is 311 g/mol. The second kappa shape index (κ2) is 6.20. The SMILES string of the molecule is Cc1nc2cc(NC(=O)CCc3ccc(F)cc3)ccc2n1C. The summed E-state index contributed by atoms with van der Waals surface area (Å²) in [5, 5.41) is 2.88. The summed E-state index contributed by atoms with van der Waals surface area (Å²) in [6, 6.07) is 11.9. The molecule has 0 saturated carbocycles. The van der Waals surface area contributed by atoms with Crippen molar-refractivity contribution in [2.75, 3.05) is 5.32 Å². The van der Waals surface area contributed by atoms with Gasteiger partial charge in [0.2, 0.25) is 5.91 Å². The molecule has 0 atom stereocenters. The molecule has 3 aromatic rings. The van der Waals surface area contributed by atoms with Gasteiger partial charge in [0.25, 0.3) is 0 Å². The van der Waals surface area contributed by atoms with Gasteiger partial charge >= 0.3 is 0 Å². The quantitative estimate of drug-likeness (QED) is 0.800. The first kappa shape index (κ1) is 15.2. The van der Waals surface area contributed by atoms with Crippen molar-refractivity contribution in [3.05, 3.63) is 59.7 Å². The number of hydrogen-bond acceptors (Lipinski definition) is 2. The third kappa shape index (κ3) is 3.39. The Bertz CT molecular complexity index is 853. The zero-order chi connectivity index (χ0) is 16.4. The molecule has 2 aromatic carbocycles. The standard InChI is InChI=1S/C18H18FN3O/c1-12-20-16-11-15(8-9-17(16)22(12)2)21-18(23)10-5-13-3-6-14(19)7-4-13/h3-4,6-9,11H,5,10H2,1-2H3,(H,21,23). The number of nitrogens with zero attached hydrogens (tertiary/aromatic N) is 2. The molecule has 0 bridgehead atoms. The lowest BCUT2D eigenvalue weighted by atomic mass is 10.1. The van der Waals surface area contributed by atoms with Gasteiger partial charge < -0.3 is 9.88 Å². The summed E-state index contributed by atoms with van der Waals surface area (Å²) >= 11 is 0. The molecule has 23 heavy (non-hydrogen) atoms. The van der Waals surface area contributed by atoms with Crippen molar-refractivity contribution in [2.24, 2.45) is 7.05 Å². The molecule has 118 valence electrons. The van der Waals surface area contributed by atoms with Gasteiger partial charge in [-0.25, -0.2) is 9.37 Å². The van der Waals surface area contributed by atoms with Gasteiger partial charge in [0, 0.05) is 19.2 Å². The summed E-state index contributed by atoms with van der Waals surface area (Å²) in [6.45, 7) is 1.95. The fourth-order valence-electron chi connectivity index (χ4n) is 2.53. The number of carbonyl (C=O) groups is 1. The Morgan fingerprint density at radius 3 is 2.70 bits per heavy atom. The number of nitrogens with one attached hydrogen (secondary N) is 1.